The zero-order valence-corrected chi connectivity index (χ0v) is 35.7. The van der Waals surface area contributed by atoms with Gasteiger partial charge in [0, 0.05) is 57.7 Å². The molecule has 1 aliphatic heterocycles. The Hall–Kier alpha value is -6.73. The summed E-state index contributed by atoms with van der Waals surface area (Å²) in [6, 6.07) is 6.59. The molecule has 0 radical (unpaired) electrons. The summed E-state index contributed by atoms with van der Waals surface area (Å²) in [7, 11) is 0. The number of morpholine rings is 1. The molecule has 19 nitrogen and oxygen atoms in total. The summed E-state index contributed by atoms with van der Waals surface area (Å²) in [6.07, 6.45) is 6.74. The summed E-state index contributed by atoms with van der Waals surface area (Å²) in [6.45, 7) is 13.2. The number of ether oxygens (including phenoxy) is 3. The first-order chi connectivity index (χ1) is 30.0. The highest BCUT2D eigenvalue weighted by Gasteiger charge is 2.24. The van der Waals surface area contributed by atoms with Crippen molar-refractivity contribution in [1.82, 2.24) is 34.0 Å². The number of primary amides is 2. The molecular formula is C43H53N11O8. The zero-order valence-electron chi connectivity index (χ0n) is 35.7. The Kier molecular flexibility index (Phi) is 13.5. The molecule has 5 heterocycles. The number of oxazole rings is 2. The largest absolute Gasteiger partial charge is 0.480 e. The number of esters is 1. The fraction of sp³-hybridized carbons (Fsp3) is 0.419. The van der Waals surface area contributed by atoms with Crippen LogP contribution in [0.15, 0.2) is 45.3 Å². The Balaban J connectivity index is 1.30. The lowest BCUT2D eigenvalue weighted by atomic mass is 10.1. The minimum Gasteiger partial charge on any atom is -0.480 e. The Morgan fingerprint density at radius 3 is 1.87 bits per heavy atom. The first kappa shape index (κ1) is 43.4. The molecule has 0 atom stereocenters. The number of hydrogen-bond donors (Lipinski definition) is 4. The maximum atomic E-state index is 12.7. The summed E-state index contributed by atoms with van der Waals surface area (Å²) in [5.74, 6) is 1.14. The molecule has 1 fully saturated rings. The molecule has 328 valence electrons. The predicted molar refractivity (Wildman–Crippen MR) is 231 cm³/mol. The van der Waals surface area contributed by atoms with Crippen molar-refractivity contribution in [3.8, 4) is 5.75 Å². The van der Waals surface area contributed by atoms with Crippen molar-refractivity contribution >= 4 is 63.5 Å². The van der Waals surface area contributed by atoms with Crippen LogP contribution in [0.2, 0.25) is 0 Å². The lowest BCUT2D eigenvalue weighted by Crippen LogP contribution is -2.35. The van der Waals surface area contributed by atoms with Gasteiger partial charge in [-0.25, -0.2) is 24.7 Å². The number of aromatic nitrogens is 6. The van der Waals surface area contributed by atoms with Gasteiger partial charge in [0.25, 0.3) is 0 Å². The average molecular weight is 852 g/mol. The number of amides is 2. The number of nitrogens with one attached hydrogen (secondary N) is 2. The minimum absolute atomic E-state index is 0.149. The van der Waals surface area contributed by atoms with Gasteiger partial charge in [-0.15, -0.1) is 0 Å². The predicted octanol–water partition coefficient (Wildman–Crippen LogP) is 5.60. The van der Waals surface area contributed by atoms with Crippen LogP contribution in [0.5, 0.6) is 5.75 Å². The molecule has 1 saturated heterocycles. The minimum atomic E-state index is -0.690. The van der Waals surface area contributed by atoms with E-state index in [4.69, 9.17) is 44.5 Å². The first-order valence-electron chi connectivity index (χ1n) is 20.8. The maximum Gasteiger partial charge on any atom is 0.344 e. The van der Waals surface area contributed by atoms with Crippen molar-refractivity contribution in [2.24, 2.45) is 11.5 Å². The molecule has 4 aromatic heterocycles. The van der Waals surface area contributed by atoms with Crippen LogP contribution in [0, 0.1) is 13.8 Å². The molecule has 2 aromatic carbocycles. The molecule has 0 unspecified atom stereocenters. The number of hydrogen-bond acceptors (Lipinski definition) is 15. The number of nitrogens with two attached hydrogens (primary N) is 2. The zero-order chi connectivity index (χ0) is 43.9. The van der Waals surface area contributed by atoms with E-state index in [0.29, 0.717) is 102 Å². The van der Waals surface area contributed by atoms with Gasteiger partial charge in [0.2, 0.25) is 35.5 Å². The molecule has 0 spiro atoms. The monoisotopic (exact) mass is 851 g/mol. The number of fused-ring (bicyclic) bond motifs is 2. The number of benzene rings is 2. The van der Waals surface area contributed by atoms with Crippen LogP contribution in [0.3, 0.4) is 0 Å². The number of carbonyl (C=O) groups excluding carboxylic acids is 3. The van der Waals surface area contributed by atoms with Gasteiger partial charge < -0.3 is 43.6 Å². The third-order valence-corrected chi connectivity index (χ3v) is 10.4. The number of aryl methyl sites for hydroxylation is 4. The van der Waals surface area contributed by atoms with Crippen LogP contribution < -0.4 is 26.8 Å². The second kappa shape index (κ2) is 19.3. The second-order valence-electron chi connectivity index (χ2n) is 14.9. The number of imidazole rings is 2. The molecule has 0 bridgehead atoms. The van der Waals surface area contributed by atoms with E-state index in [-0.39, 0.29) is 24.5 Å². The van der Waals surface area contributed by atoms with Gasteiger partial charge in [-0.05, 0) is 49.1 Å². The summed E-state index contributed by atoms with van der Waals surface area (Å²) in [5, 5.41) is 6.67. The Morgan fingerprint density at radius 1 is 0.774 bits per heavy atom. The van der Waals surface area contributed by atoms with Gasteiger partial charge >= 0.3 is 5.97 Å². The molecule has 6 N–H and O–H groups in total. The van der Waals surface area contributed by atoms with Crippen LogP contribution in [-0.4, -0.2) is 91.3 Å². The standard InChI is InChI=1S/C43H53N11O8/c1-6-9-16-59-35(55)24-60-34-22-28(39(45)57)21-33-37(34)54(43(49-33)51-41-31(8-3)47-26(5)62-41)13-11-10-12-53-36-29(23-52-14-17-58-18-15-52)19-27(38(44)56)20-32(36)48-42(53)50-40-30(7-2)46-25(4)61-40/h10-11,19-22H,6-9,12-18,23-24H2,1-5H3,(H2,44,56)(H2,45,57)(H,48,50)(H,49,51)/b11-10+. The third kappa shape index (κ3) is 9.74. The van der Waals surface area contributed by atoms with Gasteiger partial charge in [-0.1, -0.05) is 39.3 Å². The summed E-state index contributed by atoms with van der Waals surface area (Å²) >= 11 is 0. The quantitative estimate of drug-likeness (QED) is 0.0415. The summed E-state index contributed by atoms with van der Waals surface area (Å²) in [4.78, 5) is 58.9. The molecule has 0 saturated carbocycles. The number of nitrogens with zero attached hydrogens (tertiary/aromatic N) is 7. The molecule has 6 aromatic rings. The molecule has 2 amide bonds. The van der Waals surface area contributed by atoms with Crippen molar-refractivity contribution in [3.63, 3.8) is 0 Å². The molecule has 7 rings (SSSR count). The van der Waals surface area contributed by atoms with E-state index >= 15 is 0 Å². The number of unbranched alkanes of at least 4 members (excludes halogenated alkanes) is 1. The van der Waals surface area contributed by atoms with E-state index in [1.54, 1.807) is 26.0 Å². The highest BCUT2D eigenvalue weighted by molar-refractivity contribution is 5.99. The van der Waals surface area contributed by atoms with Crippen LogP contribution >= 0.6 is 0 Å². The highest BCUT2D eigenvalue weighted by Crippen LogP contribution is 2.34. The fourth-order valence-electron chi connectivity index (χ4n) is 7.33. The van der Waals surface area contributed by atoms with Crippen molar-refractivity contribution in [1.29, 1.82) is 0 Å². The summed E-state index contributed by atoms with van der Waals surface area (Å²) in [5.41, 5.74) is 16.7. The van der Waals surface area contributed by atoms with Crippen LogP contribution in [-0.2, 0) is 46.7 Å². The maximum absolute atomic E-state index is 12.7. The number of carbonyl (C=O) groups is 3. The molecule has 0 aliphatic carbocycles. The van der Waals surface area contributed by atoms with E-state index in [1.807, 2.05) is 48.1 Å². The lowest BCUT2D eigenvalue weighted by Gasteiger charge is -2.27. The van der Waals surface area contributed by atoms with Crippen LogP contribution in [0.25, 0.3) is 22.1 Å². The number of anilines is 4. The van der Waals surface area contributed by atoms with E-state index in [9.17, 15) is 14.4 Å². The van der Waals surface area contributed by atoms with Gasteiger partial charge in [0.15, 0.2) is 18.4 Å². The average Bonchev–Trinajstić information content (AvgIpc) is 4.00. The van der Waals surface area contributed by atoms with Crippen molar-refractivity contribution < 1.29 is 37.4 Å². The smallest absolute Gasteiger partial charge is 0.344 e. The van der Waals surface area contributed by atoms with E-state index in [2.05, 4.69) is 25.5 Å². The molecule has 19 heteroatoms. The first-order valence-corrected chi connectivity index (χ1v) is 20.8. The molecule has 62 heavy (non-hydrogen) atoms. The van der Waals surface area contributed by atoms with E-state index in [1.165, 1.54) is 6.07 Å². The molecule has 1 aliphatic rings. The summed E-state index contributed by atoms with van der Waals surface area (Å²) < 4.78 is 32.8. The van der Waals surface area contributed by atoms with Crippen molar-refractivity contribution in [2.45, 2.75) is 79.9 Å². The Bertz CT molecular complexity index is 2610. The fourth-order valence-corrected chi connectivity index (χ4v) is 7.33. The van der Waals surface area contributed by atoms with Gasteiger partial charge in [0.1, 0.15) is 22.7 Å². The van der Waals surface area contributed by atoms with E-state index in [0.717, 1.165) is 42.7 Å². The number of allylic oxidation sites excluding steroid dienone is 2. The second-order valence-corrected chi connectivity index (χ2v) is 14.9. The third-order valence-electron chi connectivity index (χ3n) is 10.4. The highest BCUT2D eigenvalue weighted by atomic mass is 16.6. The number of rotatable bonds is 20. The van der Waals surface area contributed by atoms with Crippen molar-refractivity contribution in [3.05, 3.63) is 76.3 Å². The van der Waals surface area contributed by atoms with Crippen LogP contribution in [0.1, 0.15) is 83.1 Å². The molecular weight excluding hydrogens is 799 g/mol. The van der Waals surface area contributed by atoms with Crippen molar-refractivity contribution in [2.75, 3.05) is 50.2 Å². The normalized spacial score (nSPS) is 13.4. The van der Waals surface area contributed by atoms with E-state index < -0.39 is 24.4 Å². The van der Waals surface area contributed by atoms with Gasteiger partial charge in [0.05, 0.1) is 36.4 Å². The topological polar surface area (TPSA) is 246 Å². The SMILES string of the molecule is CCCCOC(=O)COc1cc(C(N)=O)cc2nc(Nc3oc(C)nc3CC)n(C/C=C/Cn3c(Nc4oc(C)nc4CC)nc4cc(C(N)=O)cc(CN5CCOCC5)c43)c12. The van der Waals surface area contributed by atoms with Gasteiger partial charge in [-0.3, -0.25) is 25.1 Å². The van der Waals surface area contributed by atoms with Gasteiger partial charge in [-0.2, -0.15) is 0 Å². The lowest BCUT2D eigenvalue weighted by molar-refractivity contribution is -0.146. The Labute approximate surface area is 357 Å². The Morgan fingerprint density at radius 2 is 1.32 bits per heavy atom. The van der Waals surface area contributed by atoms with Crippen LogP contribution in [0.4, 0.5) is 23.7 Å².